The van der Waals surface area contributed by atoms with Crippen LogP contribution < -0.4 is 0 Å². The topological polar surface area (TPSA) is 37.4 Å². The molecule has 0 bridgehead atoms. The quantitative estimate of drug-likeness (QED) is 0.853. The van der Waals surface area contributed by atoms with Crippen molar-refractivity contribution in [3.8, 4) is 0 Å². The number of rotatable bonds is 4. The van der Waals surface area contributed by atoms with Gasteiger partial charge in [-0.25, -0.2) is 0 Å². The number of likely N-dealkylation sites (tertiary alicyclic amines) is 1. The van der Waals surface area contributed by atoms with E-state index in [1.165, 1.54) is 11.8 Å². The lowest BCUT2D eigenvalue weighted by Gasteiger charge is -2.26. The van der Waals surface area contributed by atoms with Gasteiger partial charge in [0.1, 0.15) is 0 Å². The van der Waals surface area contributed by atoms with Gasteiger partial charge in [0.15, 0.2) is 5.12 Å². The molecule has 1 fully saturated rings. The maximum atomic E-state index is 12.1. The van der Waals surface area contributed by atoms with E-state index in [1.807, 2.05) is 36.1 Å². The molecular formula is C15H18ClNO2S. The van der Waals surface area contributed by atoms with Crippen LogP contribution in [0.3, 0.4) is 0 Å². The molecule has 1 aliphatic heterocycles. The summed E-state index contributed by atoms with van der Waals surface area (Å²) in [7, 11) is 0. The van der Waals surface area contributed by atoms with Crippen molar-refractivity contribution >= 4 is 34.4 Å². The highest BCUT2D eigenvalue weighted by Gasteiger charge is 2.33. The summed E-state index contributed by atoms with van der Waals surface area (Å²) in [5, 5.41) is 0.796. The lowest BCUT2D eigenvalue weighted by atomic mass is 10.1. The van der Waals surface area contributed by atoms with E-state index in [-0.39, 0.29) is 23.0 Å². The van der Waals surface area contributed by atoms with Crippen LogP contribution in [0.4, 0.5) is 0 Å². The van der Waals surface area contributed by atoms with E-state index < -0.39 is 0 Å². The van der Waals surface area contributed by atoms with Gasteiger partial charge in [-0.1, -0.05) is 41.6 Å². The van der Waals surface area contributed by atoms with Crippen LogP contribution in [-0.2, 0) is 9.59 Å². The Labute approximate surface area is 128 Å². The van der Waals surface area contributed by atoms with Crippen LogP contribution in [0.5, 0.6) is 0 Å². The average Bonchev–Trinajstić information content (AvgIpc) is 2.77. The van der Waals surface area contributed by atoms with Gasteiger partial charge in [0.05, 0.1) is 6.04 Å². The molecule has 108 valence electrons. The number of amides is 1. The van der Waals surface area contributed by atoms with Crippen LogP contribution in [-0.4, -0.2) is 28.2 Å². The van der Waals surface area contributed by atoms with Crippen LogP contribution in [0, 0.1) is 5.92 Å². The predicted molar refractivity (Wildman–Crippen MR) is 82.8 cm³/mol. The summed E-state index contributed by atoms with van der Waals surface area (Å²) in [5.74, 6) is 1.11. The fourth-order valence-electron chi connectivity index (χ4n) is 2.51. The molecule has 0 spiro atoms. The maximum Gasteiger partial charge on any atom is 0.223 e. The second-order valence-electron chi connectivity index (χ2n) is 5.12. The molecule has 0 saturated carbocycles. The summed E-state index contributed by atoms with van der Waals surface area (Å²) in [4.78, 5) is 25.0. The maximum absolute atomic E-state index is 12.1. The fourth-order valence-corrected chi connectivity index (χ4v) is 3.50. The molecule has 1 aliphatic rings. The molecule has 0 aromatic heterocycles. The number of nitrogens with zero attached hydrogens (tertiary/aromatic N) is 1. The summed E-state index contributed by atoms with van der Waals surface area (Å²) >= 11 is 7.50. The van der Waals surface area contributed by atoms with Crippen LogP contribution in [0.2, 0.25) is 5.02 Å². The smallest absolute Gasteiger partial charge is 0.223 e. The summed E-state index contributed by atoms with van der Waals surface area (Å²) in [6.45, 7) is 4.26. The Morgan fingerprint density at radius 2 is 2.20 bits per heavy atom. The molecule has 1 saturated heterocycles. The van der Waals surface area contributed by atoms with Gasteiger partial charge in [-0.15, -0.1) is 0 Å². The Kier molecular flexibility index (Phi) is 5.11. The Morgan fingerprint density at radius 1 is 1.50 bits per heavy atom. The highest BCUT2D eigenvalue weighted by molar-refractivity contribution is 8.13. The molecule has 2 rings (SSSR count). The highest BCUT2D eigenvalue weighted by atomic mass is 35.5. The number of hydrogen-bond acceptors (Lipinski definition) is 3. The van der Waals surface area contributed by atoms with Gasteiger partial charge >= 0.3 is 0 Å². The van der Waals surface area contributed by atoms with E-state index in [4.69, 9.17) is 11.6 Å². The molecule has 1 heterocycles. The SMILES string of the molecule is CC(=O)SCC1CC(=O)N(C(C)c2ccccc2Cl)C1. The number of hydrogen-bond donors (Lipinski definition) is 0. The second kappa shape index (κ2) is 6.64. The number of benzene rings is 1. The fraction of sp³-hybridized carbons (Fsp3) is 0.467. The standard InChI is InChI=1S/C15H18ClNO2S/c1-10(13-5-3-4-6-14(13)16)17-8-12(7-15(17)19)9-20-11(2)18/h3-6,10,12H,7-9H2,1-2H3. The first-order chi connectivity index (χ1) is 9.49. The van der Waals surface area contributed by atoms with Crippen molar-refractivity contribution in [3.05, 3.63) is 34.9 Å². The van der Waals surface area contributed by atoms with Gasteiger partial charge in [-0.3, -0.25) is 9.59 Å². The van der Waals surface area contributed by atoms with Crippen LogP contribution >= 0.6 is 23.4 Å². The zero-order valence-electron chi connectivity index (χ0n) is 11.6. The molecule has 0 N–H and O–H groups in total. The van der Waals surface area contributed by atoms with Gasteiger partial charge in [0.2, 0.25) is 5.91 Å². The first-order valence-corrected chi connectivity index (χ1v) is 8.02. The average molecular weight is 312 g/mol. The van der Waals surface area contributed by atoms with Crippen molar-refractivity contribution in [2.75, 3.05) is 12.3 Å². The minimum Gasteiger partial charge on any atom is -0.336 e. The third-order valence-corrected chi connectivity index (χ3v) is 4.97. The predicted octanol–water partition coefficient (Wildman–Crippen LogP) is 3.53. The van der Waals surface area contributed by atoms with Crippen molar-refractivity contribution in [1.29, 1.82) is 0 Å². The first-order valence-electron chi connectivity index (χ1n) is 6.66. The summed E-state index contributed by atoms with van der Waals surface area (Å²) in [5.41, 5.74) is 0.974. The van der Waals surface area contributed by atoms with Gasteiger partial charge in [-0.05, 0) is 24.5 Å². The second-order valence-corrected chi connectivity index (χ2v) is 6.72. The molecule has 20 heavy (non-hydrogen) atoms. The minimum atomic E-state index is -0.0245. The third-order valence-electron chi connectivity index (χ3n) is 3.58. The molecular weight excluding hydrogens is 294 g/mol. The van der Waals surface area contributed by atoms with E-state index in [2.05, 4.69) is 0 Å². The van der Waals surface area contributed by atoms with Crippen molar-refractivity contribution in [1.82, 2.24) is 4.90 Å². The zero-order valence-corrected chi connectivity index (χ0v) is 13.2. The Morgan fingerprint density at radius 3 is 2.85 bits per heavy atom. The van der Waals surface area contributed by atoms with E-state index >= 15 is 0 Å². The Hall–Kier alpha value is -1.00. The largest absolute Gasteiger partial charge is 0.336 e. The Balaban J connectivity index is 2.04. The normalized spacial score (nSPS) is 20.2. The van der Waals surface area contributed by atoms with Gasteiger partial charge in [-0.2, -0.15) is 0 Å². The van der Waals surface area contributed by atoms with Gasteiger partial charge < -0.3 is 4.90 Å². The van der Waals surface area contributed by atoms with Crippen LogP contribution in [0.15, 0.2) is 24.3 Å². The lowest BCUT2D eigenvalue weighted by molar-refractivity contribution is -0.129. The molecule has 1 aromatic carbocycles. The van der Waals surface area contributed by atoms with Crippen LogP contribution in [0.1, 0.15) is 31.9 Å². The van der Waals surface area contributed by atoms with E-state index in [0.29, 0.717) is 23.7 Å². The highest BCUT2D eigenvalue weighted by Crippen LogP contribution is 2.33. The van der Waals surface area contributed by atoms with Crippen molar-refractivity contribution < 1.29 is 9.59 Å². The van der Waals surface area contributed by atoms with E-state index in [9.17, 15) is 9.59 Å². The molecule has 5 heteroatoms. The van der Waals surface area contributed by atoms with E-state index in [1.54, 1.807) is 6.92 Å². The van der Waals surface area contributed by atoms with Crippen LogP contribution in [0.25, 0.3) is 0 Å². The third kappa shape index (κ3) is 3.55. The van der Waals surface area contributed by atoms with Crippen molar-refractivity contribution in [3.63, 3.8) is 0 Å². The zero-order chi connectivity index (χ0) is 14.7. The summed E-state index contributed by atoms with van der Waals surface area (Å²) in [6, 6.07) is 7.59. The molecule has 2 atom stereocenters. The van der Waals surface area contributed by atoms with Gasteiger partial charge in [0, 0.05) is 30.7 Å². The summed E-state index contributed by atoms with van der Waals surface area (Å²) in [6.07, 6.45) is 0.523. The molecule has 3 nitrogen and oxygen atoms in total. The monoisotopic (exact) mass is 311 g/mol. The molecule has 2 unspecified atom stereocenters. The molecule has 1 amide bonds. The molecule has 0 radical (unpaired) electrons. The molecule has 1 aromatic rings. The number of carbonyl (C=O) groups excluding carboxylic acids is 2. The van der Waals surface area contributed by atoms with Gasteiger partial charge in [0.25, 0.3) is 0 Å². The number of carbonyl (C=O) groups is 2. The Bertz CT molecular complexity index is 520. The molecule has 0 aliphatic carbocycles. The number of thioether (sulfide) groups is 1. The summed E-state index contributed by atoms with van der Waals surface area (Å²) < 4.78 is 0. The van der Waals surface area contributed by atoms with Crippen molar-refractivity contribution in [2.45, 2.75) is 26.3 Å². The first kappa shape index (κ1) is 15.4. The number of halogens is 1. The lowest BCUT2D eigenvalue weighted by Crippen LogP contribution is -2.28. The van der Waals surface area contributed by atoms with E-state index in [0.717, 1.165) is 5.56 Å². The minimum absolute atomic E-state index is 0.0245. The van der Waals surface area contributed by atoms with Crippen molar-refractivity contribution in [2.24, 2.45) is 5.92 Å².